The molecule has 5 nitrogen and oxygen atoms in total. The highest BCUT2D eigenvalue weighted by Gasteiger charge is 2.16. The molecule has 0 radical (unpaired) electrons. The van der Waals surface area contributed by atoms with Crippen LogP contribution in [0.15, 0.2) is 53.3 Å². The summed E-state index contributed by atoms with van der Waals surface area (Å²) in [5.74, 6) is 0. The van der Waals surface area contributed by atoms with Crippen molar-refractivity contribution < 1.29 is 4.79 Å². The Hall–Kier alpha value is -3.08. The molecular weight excluding hydrogens is 338 g/mol. The molecule has 3 rings (SSSR count). The Morgan fingerprint density at radius 1 is 1.07 bits per heavy atom. The maximum absolute atomic E-state index is 12.6. The molecular formula is C22H25N3O2. The third kappa shape index (κ3) is 4.37. The summed E-state index contributed by atoms with van der Waals surface area (Å²) in [6, 6.07) is 15.6. The van der Waals surface area contributed by atoms with Crippen molar-refractivity contribution in [1.29, 1.82) is 0 Å². The number of aromatic amines is 1. The first-order chi connectivity index (χ1) is 13.0. The minimum Gasteiger partial charge on any atom is -0.338 e. The number of rotatable bonds is 5. The average molecular weight is 363 g/mol. The maximum Gasteiger partial charge on any atom is 0.317 e. The first-order valence-corrected chi connectivity index (χ1v) is 9.17. The number of carbonyl (C=O) groups is 1. The summed E-state index contributed by atoms with van der Waals surface area (Å²) in [6.07, 6.45) is 0. The molecule has 0 spiro atoms. The number of aromatic nitrogens is 1. The number of aryl methyl sites for hydroxylation is 2. The molecule has 0 fully saturated rings. The van der Waals surface area contributed by atoms with Crippen LogP contribution in [-0.4, -0.2) is 22.5 Å². The van der Waals surface area contributed by atoms with E-state index in [-0.39, 0.29) is 18.1 Å². The Labute approximate surface area is 159 Å². The highest BCUT2D eigenvalue weighted by atomic mass is 16.2. The van der Waals surface area contributed by atoms with Gasteiger partial charge in [-0.05, 0) is 49.4 Å². The highest BCUT2D eigenvalue weighted by molar-refractivity contribution is 5.83. The Morgan fingerprint density at radius 3 is 2.52 bits per heavy atom. The molecule has 0 atom stereocenters. The van der Waals surface area contributed by atoms with Crippen LogP contribution in [0.5, 0.6) is 0 Å². The average Bonchev–Trinajstić information content (AvgIpc) is 2.63. The van der Waals surface area contributed by atoms with Crippen LogP contribution in [-0.2, 0) is 13.1 Å². The molecule has 2 N–H and O–H groups in total. The number of H-pyrrole nitrogens is 1. The second-order valence-corrected chi connectivity index (χ2v) is 6.85. The fourth-order valence-corrected chi connectivity index (χ4v) is 3.32. The van der Waals surface area contributed by atoms with Gasteiger partial charge in [0.25, 0.3) is 5.56 Å². The van der Waals surface area contributed by atoms with Gasteiger partial charge in [0.2, 0.25) is 0 Å². The third-order valence-electron chi connectivity index (χ3n) is 4.56. The maximum atomic E-state index is 12.6. The SMILES string of the molecule is CCNC(=O)N(Cc1ccccc1)Cc1cc2cc(C)cc(C)c2[nH]c1=O. The second kappa shape index (κ2) is 8.08. The topological polar surface area (TPSA) is 65.2 Å². The molecule has 2 aromatic carbocycles. The number of amides is 2. The van der Waals surface area contributed by atoms with Gasteiger partial charge in [-0.1, -0.05) is 42.0 Å². The van der Waals surface area contributed by atoms with E-state index in [4.69, 9.17) is 0 Å². The van der Waals surface area contributed by atoms with Crippen LogP contribution >= 0.6 is 0 Å². The van der Waals surface area contributed by atoms with Crippen LogP contribution < -0.4 is 10.9 Å². The Balaban J connectivity index is 1.96. The molecule has 0 saturated carbocycles. The van der Waals surface area contributed by atoms with Crippen molar-refractivity contribution in [2.45, 2.75) is 33.9 Å². The standard InChI is InChI=1S/C22H25N3O2/c1-4-23-22(27)25(13-17-8-6-5-7-9-17)14-19-12-18-11-15(2)10-16(3)20(18)24-21(19)26/h5-12H,4,13-14H2,1-3H3,(H,23,27)(H,24,26). The van der Waals surface area contributed by atoms with Crippen molar-refractivity contribution in [2.75, 3.05) is 6.54 Å². The van der Waals surface area contributed by atoms with Crippen molar-refractivity contribution in [3.8, 4) is 0 Å². The van der Waals surface area contributed by atoms with Crippen molar-refractivity contribution >= 4 is 16.9 Å². The van der Waals surface area contributed by atoms with Crippen molar-refractivity contribution in [2.24, 2.45) is 0 Å². The molecule has 1 aromatic heterocycles. The zero-order valence-electron chi connectivity index (χ0n) is 16.0. The number of benzene rings is 2. The van der Waals surface area contributed by atoms with Crippen LogP contribution in [0.2, 0.25) is 0 Å². The zero-order valence-corrected chi connectivity index (χ0v) is 16.0. The summed E-state index contributed by atoms with van der Waals surface area (Å²) in [7, 11) is 0. The van der Waals surface area contributed by atoms with E-state index in [9.17, 15) is 9.59 Å². The minimum atomic E-state index is -0.179. The lowest BCUT2D eigenvalue weighted by Crippen LogP contribution is -2.40. The second-order valence-electron chi connectivity index (χ2n) is 6.85. The number of nitrogens with zero attached hydrogens (tertiary/aromatic N) is 1. The summed E-state index contributed by atoms with van der Waals surface area (Å²) in [5, 5.41) is 3.82. The summed E-state index contributed by atoms with van der Waals surface area (Å²) in [5.41, 5.74) is 4.47. The Kier molecular flexibility index (Phi) is 5.60. The monoisotopic (exact) mass is 363 g/mol. The summed E-state index contributed by atoms with van der Waals surface area (Å²) in [4.78, 5) is 29.8. The lowest BCUT2D eigenvalue weighted by molar-refractivity contribution is 0.192. The Morgan fingerprint density at radius 2 is 1.81 bits per heavy atom. The zero-order chi connectivity index (χ0) is 19.4. The van der Waals surface area contributed by atoms with E-state index in [0.717, 1.165) is 27.6 Å². The quantitative estimate of drug-likeness (QED) is 0.722. The molecule has 0 bridgehead atoms. The molecule has 0 unspecified atom stereocenters. The van der Waals surface area contributed by atoms with Crippen LogP contribution in [0.1, 0.15) is 29.2 Å². The number of urea groups is 1. The molecule has 5 heteroatoms. The Bertz CT molecular complexity index is 1010. The van der Waals surface area contributed by atoms with E-state index < -0.39 is 0 Å². The summed E-state index contributed by atoms with van der Waals surface area (Å²) in [6.45, 7) is 7.13. The van der Waals surface area contributed by atoms with Gasteiger partial charge in [-0.25, -0.2) is 4.79 Å². The van der Waals surface area contributed by atoms with Crippen LogP contribution in [0.4, 0.5) is 4.79 Å². The normalized spacial score (nSPS) is 10.8. The lowest BCUT2D eigenvalue weighted by Gasteiger charge is -2.23. The van der Waals surface area contributed by atoms with E-state index in [2.05, 4.69) is 16.4 Å². The highest BCUT2D eigenvalue weighted by Crippen LogP contribution is 2.19. The van der Waals surface area contributed by atoms with Crippen LogP contribution in [0.3, 0.4) is 0 Å². The molecule has 0 aliphatic rings. The van der Waals surface area contributed by atoms with Crippen LogP contribution in [0.25, 0.3) is 10.9 Å². The fraction of sp³-hybridized carbons (Fsp3) is 0.273. The van der Waals surface area contributed by atoms with Gasteiger partial charge in [-0.3, -0.25) is 4.79 Å². The number of pyridine rings is 1. The van der Waals surface area contributed by atoms with Crippen molar-refractivity contribution in [1.82, 2.24) is 15.2 Å². The van der Waals surface area contributed by atoms with Gasteiger partial charge in [0.05, 0.1) is 12.1 Å². The van der Waals surface area contributed by atoms with Gasteiger partial charge in [0.1, 0.15) is 0 Å². The lowest BCUT2D eigenvalue weighted by atomic mass is 10.1. The number of hydrogen-bond donors (Lipinski definition) is 2. The molecule has 0 aliphatic heterocycles. The largest absolute Gasteiger partial charge is 0.338 e. The first kappa shape index (κ1) is 18.7. The molecule has 1 heterocycles. The predicted molar refractivity (Wildman–Crippen MR) is 109 cm³/mol. The number of carbonyl (C=O) groups excluding carboxylic acids is 1. The molecule has 0 aliphatic carbocycles. The molecule has 140 valence electrons. The van der Waals surface area contributed by atoms with Gasteiger partial charge in [-0.15, -0.1) is 0 Å². The van der Waals surface area contributed by atoms with Crippen molar-refractivity contribution in [3.05, 3.63) is 81.1 Å². The molecule has 0 saturated heterocycles. The molecule has 2 amide bonds. The fourth-order valence-electron chi connectivity index (χ4n) is 3.32. The van der Waals surface area contributed by atoms with Crippen LogP contribution in [0, 0.1) is 13.8 Å². The van der Waals surface area contributed by atoms with Gasteiger partial charge < -0.3 is 15.2 Å². The number of fused-ring (bicyclic) bond motifs is 1. The molecule has 3 aromatic rings. The number of hydrogen-bond acceptors (Lipinski definition) is 2. The summed E-state index contributed by atoms with van der Waals surface area (Å²) < 4.78 is 0. The predicted octanol–water partition coefficient (Wildman–Crippen LogP) is 3.88. The minimum absolute atomic E-state index is 0.156. The van der Waals surface area contributed by atoms with E-state index in [0.29, 0.717) is 18.7 Å². The van der Waals surface area contributed by atoms with Gasteiger partial charge in [0, 0.05) is 18.7 Å². The van der Waals surface area contributed by atoms with E-state index in [1.165, 1.54) is 0 Å². The smallest absolute Gasteiger partial charge is 0.317 e. The summed E-state index contributed by atoms with van der Waals surface area (Å²) >= 11 is 0. The molecule has 27 heavy (non-hydrogen) atoms. The van der Waals surface area contributed by atoms with Gasteiger partial charge >= 0.3 is 6.03 Å². The first-order valence-electron chi connectivity index (χ1n) is 9.17. The van der Waals surface area contributed by atoms with Gasteiger partial charge in [0.15, 0.2) is 0 Å². The number of nitrogens with one attached hydrogen (secondary N) is 2. The van der Waals surface area contributed by atoms with Gasteiger partial charge in [-0.2, -0.15) is 0 Å². The van der Waals surface area contributed by atoms with E-state index >= 15 is 0 Å². The van der Waals surface area contributed by atoms with Crippen molar-refractivity contribution in [3.63, 3.8) is 0 Å². The van der Waals surface area contributed by atoms with E-state index in [1.54, 1.807) is 4.90 Å². The third-order valence-corrected chi connectivity index (χ3v) is 4.56. The van der Waals surface area contributed by atoms with E-state index in [1.807, 2.05) is 63.2 Å².